The van der Waals surface area contributed by atoms with Crippen molar-refractivity contribution in [3.8, 4) is 5.75 Å². The molecule has 0 atom stereocenters. The predicted octanol–water partition coefficient (Wildman–Crippen LogP) is 2.16. The molecule has 1 heterocycles. The summed E-state index contributed by atoms with van der Waals surface area (Å²) >= 11 is 0. The van der Waals surface area contributed by atoms with Crippen LogP contribution in [0, 0.1) is 0 Å². The van der Waals surface area contributed by atoms with Gasteiger partial charge in [0.1, 0.15) is 11.4 Å². The van der Waals surface area contributed by atoms with Gasteiger partial charge in [-0.2, -0.15) is 0 Å². The highest BCUT2D eigenvalue weighted by Gasteiger charge is 2.32. The molecule has 1 aromatic carbocycles. The Bertz CT molecular complexity index is 578. The molecule has 0 radical (unpaired) electrons. The Morgan fingerprint density at radius 1 is 1.35 bits per heavy atom. The normalized spacial score (nSPS) is 16.4. The predicted molar refractivity (Wildman–Crippen MR) is 76.0 cm³/mol. The molecule has 1 aromatic rings. The first-order valence-corrected chi connectivity index (χ1v) is 6.34. The summed E-state index contributed by atoms with van der Waals surface area (Å²) in [4.78, 5) is 24.8. The van der Waals surface area contributed by atoms with Crippen molar-refractivity contribution in [2.24, 2.45) is 0 Å². The van der Waals surface area contributed by atoms with Crippen molar-refractivity contribution in [3.63, 3.8) is 0 Å². The number of hydrogen-bond acceptors (Lipinski definition) is 3. The standard InChI is InChI=1S/C15H16N2O3/c1-3-9-17-14(18)12(16-15(17)19)10-11-7-5-6-8-13(11)20-4-2/h3,5-8,10H,1,4,9H2,2H3,(H,16,19)/b12-10+. The third-order valence-electron chi connectivity index (χ3n) is 2.79. The number of amides is 3. The maximum absolute atomic E-state index is 12.1. The fourth-order valence-corrected chi connectivity index (χ4v) is 1.91. The molecule has 5 nitrogen and oxygen atoms in total. The van der Waals surface area contributed by atoms with Crippen molar-refractivity contribution in [1.82, 2.24) is 10.2 Å². The Morgan fingerprint density at radius 2 is 2.10 bits per heavy atom. The fourth-order valence-electron chi connectivity index (χ4n) is 1.91. The van der Waals surface area contributed by atoms with Gasteiger partial charge < -0.3 is 10.1 Å². The molecule has 1 aliphatic rings. The minimum absolute atomic E-state index is 0.190. The largest absolute Gasteiger partial charge is 0.493 e. The molecule has 1 N–H and O–H groups in total. The Kier molecular flexibility index (Phi) is 4.20. The van der Waals surface area contributed by atoms with E-state index < -0.39 is 6.03 Å². The molecule has 0 unspecified atom stereocenters. The summed E-state index contributed by atoms with van der Waals surface area (Å²) in [5.41, 5.74) is 0.988. The zero-order valence-corrected chi connectivity index (χ0v) is 11.3. The molecule has 1 aliphatic heterocycles. The van der Waals surface area contributed by atoms with Crippen LogP contribution in [0.2, 0.25) is 0 Å². The number of imide groups is 1. The van der Waals surface area contributed by atoms with Gasteiger partial charge in [-0.15, -0.1) is 6.58 Å². The van der Waals surface area contributed by atoms with Crippen LogP contribution in [0.3, 0.4) is 0 Å². The number of urea groups is 1. The van der Waals surface area contributed by atoms with E-state index in [9.17, 15) is 9.59 Å². The number of nitrogens with one attached hydrogen (secondary N) is 1. The second kappa shape index (κ2) is 6.06. The van der Waals surface area contributed by atoms with E-state index in [1.165, 1.54) is 6.08 Å². The van der Waals surface area contributed by atoms with Crippen molar-refractivity contribution >= 4 is 18.0 Å². The van der Waals surface area contributed by atoms with Crippen molar-refractivity contribution in [2.45, 2.75) is 6.92 Å². The Morgan fingerprint density at radius 3 is 2.80 bits per heavy atom. The van der Waals surface area contributed by atoms with E-state index in [1.54, 1.807) is 6.08 Å². The lowest BCUT2D eigenvalue weighted by atomic mass is 10.1. The number of para-hydroxylation sites is 1. The summed E-state index contributed by atoms with van der Waals surface area (Å²) in [6, 6.07) is 6.91. The van der Waals surface area contributed by atoms with Gasteiger partial charge in [0.25, 0.3) is 5.91 Å². The van der Waals surface area contributed by atoms with Gasteiger partial charge in [0.15, 0.2) is 0 Å². The molecule has 0 aliphatic carbocycles. The fraction of sp³-hybridized carbons (Fsp3) is 0.200. The highest BCUT2D eigenvalue weighted by Crippen LogP contribution is 2.22. The summed E-state index contributed by atoms with van der Waals surface area (Å²) in [6.45, 7) is 6.13. The van der Waals surface area contributed by atoms with Gasteiger partial charge in [-0.3, -0.25) is 9.69 Å². The van der Waals surface area contributed by atoms with Crippen LogP contribution in [-0.4, -0.2) is 30.0 Å². The maximum Gasteiger partial charge on any atom is 0.329 e. The van der Waals surface area contributed by atoms with Gasteiger partial charge in [0.05, 0.1) is 6.61 Å². The summed E-state index contributed by atoms with van der Waals surface area (Å²) in [7, 11) is 0. The van der Waals surface area contributed by atoms with E-state index in [0.29, 0.717) is 12.4 Å². The number of carbonyl (C=O) groups is 2. The number of ether oxygens (including phenoxy) is 1. The average molecular weight is 272 g/mol. The smallest absolute Gasteiger partial charge is 0.329 e. The lowest BCUT2D eigenvalue weighted by molar-refractivity contribution is -0.122. The van der Waals surface area contributed by atoms with Crippen molar-refractivity contribution in [1.29, 1.82) is 0 Å². The average Bonchev–Trinajstić information content (AvgIpc) is 2.69. The van der Waals surface area contributed by atoms with Crippen LogP contribution in [0.5, 0.6) is 5.75 Å². The van der Waals surface area contributed by atoms with Crippen LogP contribution in [-0.2, 0) is 4.79 Å². The maximum atomic E-state index is 12.1. The zero-order chi connectivity index (χ0) is 14.5. The third kappa shape index (κ3) is 2.71. The van der Waals surface area contributed by atoms with Gasteiger partial charge >= 0.3 is 6.03 Å². The first-order chi connectivity index (χ1) is 9.67. The topological polar surface area (TPSA) is 58.6 Å². The molecular formula is C15H16N2O3. The molecule has 1 saturated heterocycles. The summed E-state index contributed by atoms with van der Waals surface area (Å²) in [5.74, 6) is 0.313. The SMILES string of the molecule is C=CCN1C(=O)N/C(=C/c2ccccc2OCC)C1=O. The number of rotatable bonds is 5. The van der Waals surface area contributed by atoms with Crippen LogP contribution in [0.1, 0.15) is 12.5 Å². The van der Waals surface area contributed by atoms with Gasteiger partial charge in [0.2, 0.25) is 0 Å². The minimum Gasteiger partial charge on any atom is -0.493 e. The second-order valence-corrected chi connectivity index (χ2v) is 4.16. The lowest BCUT2D eigenvalue weighted by Gasteiger charge is -2.08. The molecule has 5 heteroatoms. The van der Waals surface area contributed by atoms with E-state index >= 15 is 0 Å². The highest BCUT2D eigenvalue weighted by atomic mass is 16.5. The molecule has 0 spiro atoms. The van der Waals surface area contributed by atoms with E-state index in [-0.39, 0.29) is 18.1 Å². The second-order valence-electron chi connectivity index (χ2n) is 4.16. The van der Waals surface area contributed by atoms with E-state index in [4.69, 9.17) is 4.74 Å². The van der Waals surface area contributed by atoms with Gasteiger partial charge in [-0.1, -0.05) is 24.3 Å². The Hall–Kier alpha value is -2.56. The van der Waals surface area contributed by atoms with Crippen molar-refractivity contribution in [3.05, 3.63) is 48.2 Å². The number of nitrogens with zero attached hydrogens (tertiary/aromatic N) is 1. The van der Waals surface area contributed by atoms with Gasteiger partial charge in [-0.05, 0) is 19.1 Å². The van der Waals surface area contributed by atoms with Crippen LogP contribution in [0.15, 0.2) is 42.6 Å². The molecule has 2 rings (SSSR count). The van der Waals surface area contributed by atoms with E-state index in [0.717, 1.165) is 10.5 Å². The summed E-state index contributed by atoms with van der Waals surface area (Å²) in [6.07, 6.45) is 3.13. The van der Waals surface area contributed by atoms with Crippen molar-refractivity contribution < 1.29 is 14.3 Å². The van der Waals surface area contributed by atoms with Crippen LogP contribution < -0.4 is 10.1 Å². The monoisotopic (exact) mass is 272 g/mol. The lowest BCUT2D eigenvalue weighted by Crippen LogP contribution is -2.30. The zero-order valence-electron chi connectivity index (χ0n) is 11.3. The molecular weight excluding hydrogens is 256 g/mol. The molecule has 0 aromatic heterocycles. The van der Waals surface area contributed by atoms with Crippen LogP contribution in [0.25, 0.3) is 6.08 Å². The molecule has 1 fully saturated rings. The van der Waals surface area contributed by atoms with E-state index in [1.807, 2.05) is 31.2 Å². The first kappa shape index (κ1) is 13.9. The quantitative estimate of drug-likeness (QED) is 0.507. The first-order valence-electron chi connectivity index (χ1n) is 6.34. The van der Waals surface area contributed by atoms with Crippen LogP contribution >= 0.6 is 0 Å². The Labute approximate surface area is 117 Å². The summed E-state index contributed by atoms with van der Waals surface area (Å²) < 4.78 is 5.49. The molecule has 0 saturated carbocycles. The molecule has 104 valence electrons. The third-order valence-corrected chi connectivity index (χ3v) is 2.79. The molecule has 0 bridgehead atoms. The summed E-state index contributed by atoms with van der Waals surface area (Å²) in [5, 5.41) is 2.55. The van der Waals surface area contributed by atoms with Crippen LogP contribution in [0.4, 0.5) is 4.79 Å². The molecule has 3 amide bonds. The molecule has 20 heavy (non-hydrogen) atoms. The number of carbonyl (C=O) groups excluding carboxylic acids is 2. The van der Waals surface area contributed by atoms with Gasteiger partial charge in [-0.25, -0.2) is 4.79 Å². The minimum atomic E-state index is -0.435. The van der Waals surface area contributed by atoms with Gasteiger partial charge in [0, 0.05) is 12.1 Å². The number of hydrogen-bond donors (Lipinski definition) is 1. The van der Waals surface area contributed by atoms with E-state index in [2.05, 4.69) is 11.9 Å². The number of benzene rings is 1. The Balaban J connectivity index is 2.30. The van der Waals surface area contributed by atoms with Crippen molar-refractivity contribution in [2.75, 3.05) is 13.2 Å². The highest BCUT2D eigenvalue weighted by molar-refractivity contribution is 6.14.